The van der Waals surface area contributed by atoms with Gasteiger partial charge in [0.1, 0.15) is 35.0 Å². The molecular formula is C30H27F6N5O4. The summed E-state index contributed by atoms with van der Waals surface area (Å²) >= 11 is 0. The first-order valence-corrected chi connectivity index (χ1v) is 14.0. The molecule has 3 aliphatic rings. The van der Waals surface area contributed by atoms with Crippen LogP contribution in [0.1, 0.15) is 28.3 Å². The molecule has 6 rings (SSSR count). The van der Waals surface area contributed by atoms with E-state index in [0.717, 1.165) is 47.7 Å². The van der Waals surface area contributed by atoms with Crippen molar-refractivity contribution in [2.75, 3.05) is 43.6 Å². The molecule has 1 N–H and O–H groups in total. The Balaban J connectivity index is 1.32. The van der Waals surface area contributed by atoms with Crippen LogP contribution in [0, 0.1) is 17.5 Å². The third-order valence-corrected chi connectivity index (χ3v) is 8.49. The zero-order valence-corrected chi connectivity index (χ0v) is 23.9. The number of pyridine rings is 1. The highest BCUT2D eigenvalue weighted by atomic mass is 19.4. The van der Waals surface area contributed by atoms with Gasteiger partial charge in [0.25, 0.3) is 11.8 Å². The van der Waals surface area contributed by atoms with E-state index in [4.69, 9.17) is 4.74 Å². The minimum absolute atomic E-state index is 0.0252. The molecule has 0 saturated carbocycles. The molecule has 0 spiro atoms. The van der Waals surface area contributed by atoms with E-state index in [1.165, 1.54) is 19.2 Å². The fraction of sp³-hybridized carbons (Fsp3) is 0.367. The fourth-order valence-corrected chi connectivity index (χ4v) is 6.32. The van der Waals surface area contributed by atoms with Crippen molar-refractivity contribution in [1.82, 2.24) is 15.2 Å². The molecule has 2 bridgehead atoms. The van der Waals surface area contributed by atoms with Gasteiger partial charge in [-0.25, -0.2) is 18.2 Å². The van der Waals surface area contributed by atoms with E-state index in [-0.39, 0.29) is 41.6 Å². The zero-order valence-electron chi connectivity index (χ0n) is 23.9. The lowest BCUT2D eigenvalue weighted by Crippen LogP contribution is -2.45. The number of rotatable bonds is 7. The monoisotopic (exact) mass is 635 g/mol. The van der Waals surface area contributed by atoms with E-state index in [9.17, 15) is 22.8 Å². The zero-order chi connectivity index (χ0) is 32.2. The van der Waals surface area contributed by atoms with Crippen LogP contribution in [-0.4, -0.2) is 80.0 Å². The van der Waals surface area contributed by atoms with Gasteiger partial charge in [0.2, 0.25) is 0 Å². The SMILES string of the molecule is COc1cc(F)c([C@@H]2CN(c3ccc(F)c(N4C[C@@H]5C[C@H]4CN5C)n3)C(=O)C2NC(=O)c2ccc(OC(F)(F)F)cc2)c(F)c1. The number of ether oxygens (including phenoxy) is 2. The van der Waals surface area contributed by atoms with E-state index in [1.54, 1.807) is 0 Å². The molecule has 3 saturated heterocycles. The Labute approximate surface area is 253 Å². The number of fused-ring (bicyclic) bond motifs is 2. The summed E-state index contributed by atoms with van der Waals surface area (Å²) in [4.78, 5) is 36.6. The number of carbonyl (C=O) groups excluding carboxylic acids is 2. The average Bonchev–Trinajstić information content (AvgIpc) is 3.65. The summed E-state index contributed by atoms with van der Waals surface area (Å²) in [6.45, 7) is 0.933. The lowest BCUT2D eigenvalue weighted by molar-refractivity contribution is -0.274. The summed E-state index contributed by atoms with van der Waals surface area (Å²) in [5, 5.41) is 2.48. The van der Waals surface area contributed by atoms with Crippen LogP contribution < -0.4 is 24.6 Å². The van der Waals surface area contributed by atoms with Crippen molar-refractivity contribution < 1.29 is 45.4 Å². The molecule has 45 heavy (non-hydrogen) atoms. The van der Waals surface area contributed by atoms with Crippen molar-refractivity contribution in [3.05, 3.63) is 77.1 Å². The number of nitrogens with zero attached hydrogens (tertiary/aromatic N) is 4. The first-order valence-electron chi connectivity index (χ1n) is 14.0. The lowest BCUT2D eigenvalue weighted by atomic mass is 9.92. The predicted octanol–water partition coefficient (Wildman–Crippen LogP) is 4.23. The maximum Gasteiger partial charge on any atom is 0.573 e. The van der Waals surface area contributed by atoms with Gasteiger partial charge in [0, 0.05) is 60.9 Å². The standard InChI is InChI=1S/C30H27F6N5O4/c1-39-12-17-9-16(39)13-40(17)27-21(31)7-8-24(37-27)41-14-20(25-22(32)10-19(44-2)11-23(25)33)26(29(41)43)38-28(42)15-3-5-18(6-4-15)45-30(34,35)36/h3-8,10-11,16-17,20,26H,9,12-14H2,1-2H3,(H,38,42)/t16-,17-,20-,26?/m0/s1. The molecule has 238 valence electrons. The van der Waals surface area contributed by atoms with Crippen LogP contribution >= 0.6 is 0 Å². The third-order valence-electron chi connectivity index (χ3n) is 8.49. The molecule has 0 aliphatic carbocycles. The lowest BCUT2D eigenvalue weighted by Gasteiger charge is -2.33. The number of amides is 2. The van der Waals surface area contributed by atoms with Gasteiger partial charge < -0.3 is 19.7 Å². The number of hydrogen-bond donors (Lipinski definition) is 1. The topological polar surface area (TPSA) is 87.2 Å². The molecule has 2 aromatic carbocycles. The van der Waals surface area contributed by atoms with Crippen LogP contribution in [0.3, 0.4) is 0 Å². The minimum atomic E-state index is -4.94. The van der Waals surface area contributed by atoms with Gasteiger partial charge in [-0.2, -0.15) is 0 Å². The normalized spacial score (nSPS) is 23.2. The second-order valence-electron chi connectivity index (χ2n) is 11.2. The molecule has 3 fully saturated rings. The number of aromatic nitrogens is 1. The number of carbonyl (C=O) groups is 2. The Morgan fingerprint density at radius 2 is 1.62 bits per heavy atom. The van der Waals surface area contributed by atoms with E-state index in [0.29, 0.717) is 13.1 Å². The number of nitrogens with one attached hydrogen (secondary N) is 1. The number of likely N-dealkylation sites (tertiary alicyclic amines) is 1. The van der Waals surface area contributed by atoms with Gasteiger partial charge in [-0.1, -0.05) is 0 Å². The Morgan fingerprint density at radius 3 is 2.20 bits per heavy atom. The summed E-state index contributed by atoms with van der Waals surface area (Å²) in [6.07, 6.45) is -4.11. The van der Waals surface area contributed by atoms with Crippen LogP contribution in [0.15, 0.2) is 48.5 Å². The van der Waals surface area contributed by atoms with Gasteiger partial charge in [0.05, 0.1) is 7.11 Å². The van der Waals surface area contributed by atoms with Crippen LogP contribution in [0.5, 0.6) is 11.5 Å². The van der Waals surface area contributed by atoms with Crippen molar-refractivity contribution in [2.24, 2.45) is 0 Å². The van der Waals surface area contributed by atoms with Gasteiger partial charge >= 0.3 is 6.36 Å². The summed E-state index contributed by atoms with van der Waals surface area (Å²) < 4.78 is 92.1. The number of anilines is 2. The second-order valence-corrected chi connectivity index (χ2v) is 11.2. The number of hydrogen-bond acceptors (Lipinski definition) is 7. The average molecular weight is 636 g/mol. The van der Waals surface area contributed by atoms with Crippen molar-refractivity contribution in [3.63, 3.8) is 0 Å². The summed E-state index contributed by atoms with van der Waals surface area (Å²) in [6, 6.07) is 6.99. The quantitative estimate of drug-likeness (QED) is 0.389. The maximum atomic E-state index is 15.3. The van der Waals surface area contributed by atoms with Crippen LogP contribution in [0.25, 0.3) is 0 Å². The number of methoxy groups -OCH3 is 1. The van der Waals surface area contributed by atoms with Crippen molar-refractivity contribution in [2.45, 2.75) is 36.8 Å². The van der Waals surface area contributed by atoms with Gasteiger partial charge in [-0.05, 0) is 49.9 Å². The molecule has 9 nitrogen and oxygen atoms in total. The Kier molecular flexibility index (Phi) is 7.75. The molecule has 2 amide bonds. The van der Waals surface area contributed by atoms with Crippen LogP contribution in [-0.2, 0) is 4.79 Å². The van der Waals surface area contributed by atoms with E-state index < -0.39 is 58.9 Å². The Hall–Kier alpha value is -4.53. The number of alkyl halides is 3. The molecule has 1 aromatic heterocycles. The van der Waals surface area contributed by atoms with Crippen molar-refractivity contribution in [3.8, 4) is 11.5 Å². The van der Waals surface area contributed by atoms with Gasteiger partial charge in [0.15, 0.2) is 11.6 Å². The third kappa shape index (κ3) is 5.83. The summed E-state index contributed by atoms with van der Waals surface area (Å²) in [7, 11) is 3.21. The molecule has 15 heteroatoms. The number of likely N-dealkylation sites (N-methyl/N-ethyl adjacent to an activating group) is 1. The van der Waals surface area contributed by atoms with Gasteiger partial charge in [-0.3, -0.25) is 19.4 Å². The highest BCUT2D eigenvalue weighted by molar-refractivity contribution is 6.04. The highest BCUT2D eigenvalue weighted by Crippen LogP contribution is 2.39. The first kappa shape index (κ1) is 30.5. The van der Waals surface area contributed by atoms with E-state index in [2.05, 4.69) is 19.9 Å². The summed E-state index contributed by atoms with van der Waals surface area (Å²) in [5.74, 6) is -6.17. The van der Waals surface area contributed by atoms with Crippen LogP contribution in [0.2, 0.25) is 0 Å². The van der Waals surface area contributed by atoms with Crippen LogP contribution in [0.4, 0.5) is 38.0 Å². The van der Waals surface area contributed by atoms with E-state index in [1.807, 2.05) is 11.9 Å². The molecule has 4 atom stereocenters. The molecule has 1 unspecified atom stereocenters. The van der Waals surface area contributed by atoms with E-state index >= 15 is 13.2 Å². The van der Waals surface area contributed by atoms with Gasteiger partial charge in [-0.15, -0.1) is 13.2 Å². The highest BCUT2D eigenvalue weighted by Gasteiger charge is 2.47. The fourth-order valence-electron chi connectivity index (χ4n) is 6.32. The molecule has 4 heterocycles. The summed E-state index contributed by atoms with van der Waals surface area (Å²) in [5.41, 5.74) is -0.630. The number of benzene rings is 2. The largest absolute Gasteiger partial charge is 0.573 e. The minimum Gasteiger partial charge on any atom is -0.497 e. The number of halogens is 6. The molecule has 0 radical (unpaired) electrons. The molecular weight excluding hydrogens is 608 g/mol. The van der Waals surface area contributed by atoms with Crippen molar-refractivity contribution >= 4 is 23.5 Å². The number of piperazine rings is 1. The molecule has 3 aromatic rings. The predicted molar refractivity (Wildman–Crippen MR) is 149 cm³/mol. The Morgan fingerprint density at radius 1 is 0.933 bits per heavy atom. The maximum absolute atomic E-state index is 15.3. The smallest absolute Gasteiger partial charge is 0.497 e. The van der Waals surface area contributed by atoms with Crippen molar-refractivity contribution in [1.29, 1.82) is 0 Å². The first-order chi connectivity index (χ1) is 21.3. The molecule has 3 aliphatic heterocycles. The Bertz CT molecular complexity index is 1610. The second kappa shape index (κ2) is 11.4.